The highest BCUT2D eigenvalue weighted by Gasteiger charge is 2.36. The number of amides is 1. The van der Waals surface area contributed by atoms with E-state index >= 15 is 0 Å². The smallest absolute Gasteiger partial charge is 0.337 e. The summed E-state index contributed by atoms with van der Waals surface area (Å²) in [5.41, 5.74) is 0.575. The van der Waals surface area contributed by atoms with E-state index < -0.39 is 11.9 Å². The summed E-state index contributed by atoms with van der Waals surface area (Å²) >= 11 is 0. The van der Waals surface area contributed by atoms with Crippen LogP contribution < -0.4 is 0 Å². The molecule has 4 rings (SSSR count). The third-order valence-corrected chi connectivity index (χ3v) is 5.17. The molecule has 0 spiro atoms. The molecular formula is C19H22ClF3N6O. The van der Waals surface area contributed by atoms with Crippen molar-refractivity contribution in [2.24, 2.45) is 7.05 Å². The highest BCUT2D eigenvalue weighted by molar-refractivity contribution is 5.92. The van der Waals surface area contributed by atoms with E-state index in [1.807, 2.05) is 0 Å². The molecule has 1 aliphatic rings. The van der Waals surface area contributed by atoms with E-state index in [0.29, 0.717) is 36.6 Å². The molecule has 1 aliphatic heterocycles. The number of carbonyl (C=O) groups excluding carboxylic acids is 1. The van der Waals surface area contributed by atoms with Gasteiger partial charge in [-0.2, -0.15) is 23.4 Å². The minimum atomic E-state index is -4.54. The first-order valence-electron chi connectivity index (χ1n) is 9.40. The quantitative estimate of drug-likeness (QED) is 0.621. The van der Waals surface area contributed by atoms with Crippen LogP contribution in [0, 0.1) is 0 Å². The van der Waals surface area contributed by atoms with Gasteiger partial charge >= 0.3 is 6.18 Å². The second kappa shape index (κ2) is 7.90. The lowest BCUT2D eigenvalue weighted by molar-refractivity contribution is -0.142. The van der Waals surface area contributed by atoms with E-state index in [-0.39, 0.29) is 35.8 Å². The van der Waals surface area contributed by atoms with Crippen molar-refractivity contribution in [2.45, 2.75) is 38.3 Å². The molecule has 0 aromatic carbocycles. The number of aromatic nitrogens is 5. The Kier molecular flexibility index (Phi) is 5.81. The maximum atomic E-state index is 13.6. The SMILES string of the molecule is CC(C)c1cc(C(F)(F)F)n2nc(C3CCN(C(=O)c4ccn(C)n4)C3)cc2n1.Cl. The molecule has 1 fully saturated rings. The molecule has 0 aliphatic carbocycles. The summed E-state index contributed by atoms with van der Waals surface area (Å²) < 4.78 is 43.1. The lowest BCUT2D eigenvalue weighted by Crippen LogP contribution is -2.29. The molecule has 1 saturated heterocycles. The van der Waals surface area contributed by atoms with Gasteiger partial charge in [-0.05, 0) is 24.5 Å². The van der Waals surface area contributed by atoms with Gasteiger partial charge in [-0.25, -0.2) is 9.50 Å². The van der Waals surface area contributed by atoms with Gasteiger partial charge in [-0.1, -0.05) is 13.8 Å². The fourth-order valence-corrected chi connectivity index (χ4v) is 3.59. The molecule has 30 heavy (non-hydrogen) atoms. The number of halogens is 4. The number of aryl methyl sites for hydroxylation is 1. The number of hydrogen-bond acceptors (Lipinski definition) is 4. The van der Waals surface area contributed by atoms with Crippen molar-refractivity contribution in [3.63, 3.8) is 0 Å². The Morgan fingerprint density at radius 2 is 1.97 bits per heavy atom. The number of alkyl halides is 3. The standard InChI is InChI=1S/C19H21F3N6O.ClH/c1-11(2)14-8-16(19(20,21)22)28-17(23-14)9-15(25-28)12-4-7-27(10-12)18(29)13-5-6-26(3)24-13;/h5-6,8-9,11-12H,4,7,10H2,1-3H3;1H. The first-order valence-corrected chi connectivity index (χ1v) is 9.40. The molecule has 1 atom stereocenters. The van der Waals surface area contributed by atoms with Crippen molar-refractivity contribution in [1.82, 2.24) is 29.3 Å². The zero-order valence-corrected chi connectivity index (χ0v) is 17.5. The second-order valence-electron chi connectivity index (χ2n) is 7.67. The Hall–Kier alpha value is -2.62. The molecule has 4 heterocycles. The summed E-state index contributed by atoms with van der Waals surface area (Å²) in [6.45, 7) is 4.49. The van der Waals surface area contributed by atoms with Crippen molar-refractivity contribution < 1.29 is 18.0 Å². The maximum absolute atomic E-state index is 13.6. The fraction of sp³-hybridized carbons (Fsp3) is 0.474. The van der Waals surface area contributed by atoms with Gasteiger partial charge in [0.2, 0.25) is 0 Å². The molecule has 0 N–H and O–H groups in total. The Labute approximate surface area is 177 Å². The number of likely N-dealkylation sites (tertiary alicyclic amines) is 1. The van der Waals surface area contributed by atoms with E-state index in [1.54, 1.807) is 48.8 Å². The third-order valence-electron chi connectivity index (χ3n) is 5.17. The largest absolute Gasteiger partial charge is 0.433 e. The van der Waals surface area contributed by atoms with Crippen LogP contribution in [0.5, 0.6) is 0 Å². The second-order valence-corrected chi connectivity index (χ2v) is 7.67. The summed E-state index contributed by atoms with van der Waals surface area (Å²) in [4.78, 5) is 18.6. The molecule has 7 nitrogen and oxygen atoms in total. The summed E-state index contributed by atoms with van der Waals surface area (Å²) in [6, 6.07) is 4.30. The van der Waals surface area contributed by atoms with Gasteiger partial charge in [0.25, 0.3) is 5.91 Å². The number of fused-ring (bicyclic) bond motifs is 1. The monoisotopic (exact) mass is 442 g/mol. The van der Waals surface area contributed by atoms with E-state index in [4.69, 9.17) is 0 Å². The fourth-order valence-electron chi connectivity index (χ4n) is 3.59. The van der Waals surface area contributed by atoms with E-state index in [2.05, 4.69) is 15.2 Å². The summed E-state index contributed by atoms with van der Waals surface area (Å²) in [5.74, 6) is -0.474. The topological polar surface area (TPSA) is 68.3 Å². The van der Waals surface area contributed by atoms with Crippen LogP contribution in [0.3, 0.4) is 0 Å². The summed E-state index contributed by atoms with van der Waals surface area (Å²) in [5, 5.41) is 8.33. The number of nitrogens with zero attached hydrogens (tertiary/aromatic N) is 6. The molecule has 11 heteroatoms. The molecule has 162 valence electrons. The van der Waals surface area contributed by atoms with Crippen molar-refractivity contribution in [1.29, 1.82) is 0 Å². The van der Waals surface area contributed by atoms with Gasteiger partial charge in [0, 0.05) is 44.0 Å². The zero-order valence-electron chi connectivity index (χ0n) is 16.7. The average Bonchev–Trinajstić information content (AvgIpc) is 3.37. The Morgan fingerprint density at radius 3 is 2.57 bits per heavy atom. The van der Waals surface area contributed by atoms with Gasteiger partial charge in [-0.3, -0.25) is 9.48 Å². The number of rotatable bonds is 3. The lowest BCUT2D eigenvalue weighted by Gasteiger charge is -2.14. The highest BCUT2D eigenvalue weighted by Crippen LogP contribution is 2.33. The van der Waals surface area contributed by atoms with Crippen LogP contribution in [0.1, 0.15) is 59.7 Å². The normalized spacial score (nSPS) is 17.0. The van der Waals surface area contributed by atoms with Crippen LogP contribution in [0.2, 0.25) is 0 Å². The Morgan fingerprint density at radius 1 is 1.23 bits per heavy atom. The molecule has 1 amide bonds. The predicted molar refractivity (Wildman–Crippen MR) is 106 cm³/mol. The van der Waals surface area contributed by atoms with Crippen molar-refractivity contribution in [3.05, 3.63) is 47.2 Å². The van der Waals surface area contributed by atoms with Crippen LogP contribution in [0.15, 0.2) is 24.4 Å². The lowest BCUT2D eigenvalue weighted by atomic mass is 10.1. The van der Waals surface area contributed by atoms with Gasteiger partial charge in [0.05, 0.1) is 5.69 Å². The van der Waals surface area contributed by atoms with Crippen LogP contribution in [-0.4, -0.2) is 48.3 Å². The van der Waals surface area contributed by atoms with Gasteiger partial charge in [0.1, 0.15) is 11.4 Å². The third kappa shape index (κ3) is 4.00. The van der Waals surface area contributed by atoms with E-state index in [9.17, 15) is 18.0 Å². The summed E-state index contributed by atoms with van der Waals surface area (Å²) in [7, 11) is 1.73. The van der Waals surface area contributed by atoms with Crippen LogP contribution in [-0.2, 0) is 13.2 Å². The molecule has 0 bridgehead atoms. The van der Waals surface area contributed by atoms with Crippen LogP contribution in [0.25, 0.3) is 5.65 Å². The first-order chi connectivity index (χ1) is 13.6. The minimum absolute atomic E-state index is 0. The van der Waals surface area contributed by atoms with E-state index in [0.717, 1.165) is 10.6 Å². The van der Waals surface area contributed by atoms with E-state index in [1.165, 1.54) is 0 Å². The Balaban J connectivity index is 0.00000256. The molecule has 3 aromatic rings. The minimum Gasteiger partial charge on any atom is -0.337 e. The Bertz CT molecular complexity index is 1070. The molecular weight excluding hydrogens is 421 g/mol. The van der Waals surface area contributed by atoms with Gasteiger partial charge in [-0.15, -0.1) is 12.4 Å². The molecule has 1 unspecified atom stereocenters. The van der Waals surface area contributed by atoms with Crippen molar-refractivity contribution >= 4 is 24.0 Å². The average molecular weight is 443 g/mol. The van der Waals surface area contributed by atoms with Crippen LogP contribution >= 0.6 is 12.4 Å². The molecule has 0 saturated carbocycles. The summed E-state index contributed by atoms with van der Waals surface area (Å²) in [6.07, 6.45) is -2.22. The number of carbonyl (C=O) groups is 1. The van der Waals surface area contributed by atoms with Crippen molar-refractivity contribution in [3.8, 4) is 0 Å². The molecule has 0 radical (unpaired) electrons. The van der Waals surface area contributed by atoms with Crippen LogP contribution in [0.4, 0.5) is 13.2 Å². The first kappa shape index (κ1) is 22.1. The predicted octanol–water partition coefficient (Wildman–Crippen LogP) is 3.66. The highest BCUT2D eigenvalue weighted by atomic mass is 35.5. The number of hydrogen-bond donors (Lipinski definition) is 0. The molecule has 3 aromatic heterocycles. The van der Waals surface area contributed by atoms with Gasteiger partial charge in [0.15, 0.2) is 5.65 Å². The van der Waals surface area contributed by atoms with Crippen molar-refractivity contribution in [2.75, 3.05) is 13.1 Å². The van der Waals surface area contributed by atoms with Gasteiger partial charge < -0.3 is 4.90 Å². The zero-order chi connectivity index (χ0) is 20.9. The maximum Gasteiger partial charge on any atom is 0.433 e.